The fourth-order valence-electron chi connectivity index (χ4n) is 2.92. The average molecular weight is 406 g/mol. The molecule has 0 unspecified atom stereocenters. The molecule has 0 atom stereocenters. The minimum absolute atomic E-state index is 0.0880. The third-order valence-electron chi connectivity index (χ3n) is 4.19. The Labute approximate surface area is 163 Å². The average Bonchev–Trinajstić information content (AvgIpc) is 3.03. The first-order valence-electron chi connectivity index (χ1n) is 8.54. The minimum atomic E-state index is -2.96. The smallest absolute Gasteiger partial charge is 0.387 e. The second-order valence-electron chi connectivity index (χ2n) is 6.05. The van der Waals surface area contributed by atoms with E-state index >= 15 is 0 Å². The summed E-state index contributed by atoms with van der Waals surface area (Å²) < 4.78 is 33.4. The zero-order valence-electron chi connectivity index (χ0n) is 14.7. The predicted molar refractivity (Wildman–Crippen MR) is 97.7 cm³/mol. The predicted octanol–water partition coefficient (Wildman–Crippen LogP) is 3.90. The number of carbonyl (C=O) groups excluding carboxylic acids is 2. The lowest BCUT2D eigenvalue weighted by atomic mass is 9.96. The van der Waals surface area contributed by atoms with Crippen LogP contribution in [0.15, 0.2) is 24.3 Å². The standard InChI is InChI=1S/C19H16F2N2O4S/c20-19(21)27-12-7-5-11(6-8-12)18(25)26-10-16(24)23-17-14(9-22)13-3-1-2-4-15(13)28-17/h5-8,19H,1-4,10H2,(H,23,24). The van der Waals surface area contributed by atoms with Crippen LogP contribution in [0.25, 0.3) is 0 Å². The lowest BCUT2D eigenvalue weighted by Gasteiger charge is -2.09. The van der Waals surface area contributed by atoms with Crippen LogP contribution in [-0.4, -0.2) is 25.1 Å². The van der Waals surface area contributed by atoms with Gasteiger partial charge in [0.05, 0.1) is 11.1 Å². The molecule has 146 valence electrons. The number of fused-ring (bicyclic) bond motifs is 1. The molecule has 1 aliphatic carbocycles. The molecule has 0 saturated carbocycles. The first kappa shape index (κ1) is 19.8. The van der Waals surface area contributed by atoms with Gasteiger partial charge in [0, 0.05) is 4.88 Å². The van der Waals surface area contributed by atoms with Gasteiger partial charge in [-0.05, 0) is 55.5 Å². The number of esters is 1. The van der Waals surface area contributed by atoms with Crippen molar-refractivity contribution in [3.63, 3.8) is 0 Å². The van der Waals surface area contributed by atoms with E-state index in [1.54, 1.807) is 0 Å². The molecule has 0 spiro atoms. The van der Waals surface area contributed by atoms with E-state index in [0.717, 1.165) is 36.1 Å². The van der Waals surface area contributed by atoms with Gasteiger partial charge >= 0.3 is 12.6 Å². The topological polar surface area (TPSA) is 88.4 Å². The highest BCUT2D eigenvalue weighted by Gasteiger charge is 2.22. The van der Waals surface area contributed by atoms with Crippen molar-refractivity contribution in [2.24, 2.45) is 0 Å². The zero-order chi connectivity index (χ0) is 20.1. The lowest BCUT2D eigenvalue weighted by Crippen LogP contribution is -2.20. The Kier molecular flexibility index (Phi) is 6.21. The van der Waals surface area contributed by atoms with Crippen LogP contribution < -0.4 is 10.1 Å². The molecular weight excluding hydrogens is 390 g/mol. The second kappa shape index (κ2) is 8.80. The van der Waals surface area contributed by atoms with Crippen LogP contribution in [0.2, 0.25) is 0 Å². The molecule has 1 aliphatic rings. The number of nitriles is 1. The monoisotopic (exact) mass is 406 g/mol. The summed E-state index contributed by atoms with van der Waals surface area (Å²) in [6, 6.07) is 7.08. The first-order chi connectivity index (χ1) is 13.5. The highest BCUT2D eigenvalue weighted by Crippen LogP contribution is 2.37. The maximum absolute atomic E-state index is 12.1. The summed E-state index contributed by atoms with van der Waals surface area (Å²) in [5.41, 5.74) is 1.57. The number of nitrogens with zero attached hydrogens (tertiary/aromatic N) is 1. The maximum Gasteiger partial charge on any atom is 0.387 e. The largest absolute Gasteiger partial charge is 0.452 e. The number of carbonyl (C=O) groups is 2. The van der Waals surface area contributed by atoms with Crippen molar-refractivity contribution in [2.45, 2.75) is 32.3 Å². The van der Waals surface area contributed by atoms with E-state index in [1.165, 1.54) is 35.6 Å². The molecule has 1 aromatic heterocycles. The Bertz CT molecular complexity index is 919. The van der Waals surface area contributed by atoms with Crippen molar-refractivity contribution < 1.29 is 27.8 Å². The number of benzene rings is 1. The summed E-state index contributed by atoms with van der Waals surface area (Å²) in [6.45, 7) is -3.48. The first-order valence-corrected chi connectivity index (χ1v) is 9.36. The highest BCUT2D eigenvalue weighted by atomic mass is 32.1. The van der Waals surface area contributed by atoms with E-state index in [0.29, 0.717) is 10.6 Å². The number of anilines is 1. The van der Waals surface area contributed by atoms with Gasteiger partial charge in [-0.15, -0.1) is 11.3 Å². The van der Waals surface area contributed by atoms with Crippen molar-refractivity contribution in [1.29, 1.82) is 5.26 Å². The van der Waals surface area contributed by atoms with E-state index in [4.69, 9.17) is 4.74 Å². The third-order valence-corrected chi connectivity index (χ3v) is 5.39. The van der Waals surface area contributed by atoms with Gasteiger partial charge in [0.15, 0.2) is 6.61 Å². The number of hydrogen-bond donors (Lipinski definition) is 1. The Morgan fingerprint density at radius 3 is 2.61 bits per heavy atom. The normalized spacial score (nSPS) is 12.8. The van der Waals surface area contributed by atoms with E-state index in [1.807, 2.05) is 0 Å². The van der Waals surface area contributed by atoms with Crippen molar-refractivity contribution in [2.75, 3.05) is 11.9 Å². The minimum Gasteiger partial charge on any atom is -0.452 e. The van der Waals surface area contributed by atoms with Crippen LogP contribution in [0.4, 0.5) is 13.8 Å². The highest BCUT2D eigenvalue weighted by molar-refractivity contribution is 7.16. The van der Waals surface area contributed by atoms with E-state index < -0.39 is 25.1 Å². The Morgan fingerprint density at radius 1 is 1.21 bits per heavy atom. The number of thiophene rings is 1. The number of halogens is 2. The Morgan fingerprint density at radius 2 is 1.93 bits per heavy atom. The summed E-state index contributed by atoms with van der Waals surface area (Å²) in [4.78, 5) is 25.2. The molecule has 28 heavy (non-hydrogen) atoms. The molecule has 1 heterocycles. The molecule has 0 bridgehead atoms. The van der Waals surface area contributed by atoms with Crippen LogP contribution in [0, 0.1) is 11.3 Å². The number of alkyl halides is 2. The number of rotatable bonds is 6. The molecule has 0 fully saturated rings. The quantitative estimate of drug-likeness (QED) is 0.735. The summed E-state index contributed by atoms with van der Waals surface area (Å²) >= 11 is 1.38. The molecule has 0 saturated heterocycles. The Balaban J connectivity index is 1.56. The summed E-state index contributed by atoms with van der Waals surface area (Å²) in [7, 11) is 0. The van der Waals surface area contributed by atoms with Crippen LogP contribution in [0.1, 0.15) is 39.2 Å². The molecular formula is C19H16F2N2O4S. The SMILES string of the molecule is N#Cc1c(NC(=O)COC(=O)c2ccc(OC(F)F)cc2)sc2c1CCCC2. The van der Waals surface area contributed by atoms with Crippen LogP contribution in [0.3, 0.4) is 0 Å². The number of amides is 1. The fraction of sp³-hybridized carbons (Fsp3) is 0.316. The summed E-state index contributed by atoms with van der Waals surface area (Å²) in [6.07, 6.45) is 3.80. The number of hydrogen-bond acceptors (Lipinski definition) is 6. The zero-order valence-corrected chi connectivity index (χ0v) is 15.5. The lowest BCUT2D eigenvalue weighted by molar-refractivity contribution is -0.119. The second-order valence-corrected chi connectivity index (χ2v) is 7.16. The number of nitrogens with one attached hydrogen (secondary N) is 1. The third kappa shape index (κ3) is 4.64. The van der Waals surface area contributed by atoms with Gasteiger partial charge in [0.2, 0.25) is 0 Å². The van der Waals surface area contributed by atoms with Gasteiger partial charge < -0.3 is 14.8 Å². The molecule has 1 N–H and O–H groups in total. The van der Waals surface area contributed by atoms with Gasteiger partial charge in [-0.1, -0.05) is 0 Å². The van der Waals surface area contributed by atoms with E-state index in [-0.39, 0.29) is 11.3 Å². The van der Waals surface area contributed by atoms with E-state index in [9.17, 15) is 23.6 Å². The summed E-state index contributed by atoms with van der Waals surface area (Å²) in [5, 5.41) is 12.5. The van der Waals surface area contributed by atoms with Gasteiger partial charge in [-0.25, -0.2) is 4.79 Å². The molecule has 0 radical (unpaired) electrons. The molecule has 9 heteroatoms. The summed E-state index contributed by atoms with van der Waals surface area (Å²) in [5.74, 6) is -1.42. The van der Waals surface area contributed by atoms with Gasteiger partial charge in [0.25, 0.3) is 5.91 Å². The van der Waals surface area contributed by atoms with Crippen molar-refractivity contribution >= 4 is 28.2 Å². The molecule has 0 aliphatic heterocycles. The number of aryl methyl sites for hydroxylation is 1. The Hall–Kier alpha value is -2.99. The maximum atomic E-state index is 12.1. The van der Waals surface area contributed by atoms with Gasteiger partial charge in [0.1, 0.15) is 16.8 Å². The molecule has 6 nitrogen and oxygen atoms in total. The van der Waals surface area contributed by atoms with Crippen LogP contribution in [0.5, 0.6) is 5.75 Å². The van der Waals surface area contributed by atoms with Crippen molar-refractivity contribution in [1.82, 2.24) is 0 Å². The molecule has 1 amide bonds. The van der Waals surface area contributed by atoms with Crippen molar-refractivity contribution in [3.8, 4) is 11.8 Å². The molecule has 3 rings (SSSR count). The van der Waals surface area contributed by atoms with Crippen molar-refractivity contribution in [3.05, 3.63) is 45.8 Å². The van der Waals surface area contributed by atoms with Gasteiger partial charge in [-0.3, -0.25) is 4.79 Å². The van der Waals surface area contributed by atoms with Crippen LogP contribution >= 0.6 is 11.3 Å². The van der Waals surface area contributed by atoms with Gasteiger partial charge in [-0.2, -0.15) is 14.0 Å². The number of ether oxygens (including phenoxy) is 2. The fourth-order valence-corrected chi connectivity index (χ4v) is 4.18. The molecule has 2 aromatic rings. The van der Waals surface area contributed by atoms with E-state index in [2.05, 4.69) is 16.1 Å². The molecule has 1 aromatic carbocycles. The van der Waals surface area contributed by atoms with Crippen LogP contribution in [-0.2, 0) is 22.4 Å².